The van der Waals surface area contributed by atoms with Crippen LogP contribution in [0.25, 0.3) is 0 Å². The van der Waals surface area contributed by atoms with Crippen LogP contribution in [0.2, 0.25) is 0 Å². The number of amides is 1. The number of nitriles is 1. The average Bonchev–Trinajstić information content (AvgIpc) is 2.50. The summed E-state index contributed by atoms with van der Waals surface area (Å²) in [5.41, 5.74) is -2.11. The number of carbonyl (C=O) groups is 1. The zero-order chi connectivity index (χ0) is 19.4. The van der Waals surface area contributed by atoms with Crippen LogP contribution < -0.4 is 5.32 Å². The van der Waals surface area contributed by atoms with Crippen molar-refractivity contribution in [1.29, 1.82) is 5.26 Å². The quantitative estimate of drug-likeness (QED) is 0.451. The molecule has 0 aliphatic heterocycles. The van der Waals surface area contributed by atoms with E-state index in [4.69, 9.17) is 10.00 Å². The lowest BCUT2D eigenvalue weighted by Crippen LogP contribution is -2.38. The number of phenolic OH excluding ortho intramolecular Hbond substituents is 1. The Morgan fingerprint density at radius 2 is 2.04 bits per heavy atom. The van der Waals surface area contributed by atoms with Crippen molar-refractivity contribution in [1.82, 2.24) is 5.32 Å². The summed E-state index contributed by atoms with van der Waals surface area (Å²) < 4.78 is 4.96. The van der Waals surface area contributed by atoms with E-state index in [0.29, 0.717) is 0 Å². The van der Waals surface area contributed by atoms with Crippen LogP contribution >= 0.6 is 0 Å². The number of aromatic hydroxyl groups is 1. The molecule has 2 atom stereocenters. The number of aliphatic hydroxyl groups excluding tert-OH is 2. The van der Waals surface area contributed by atoms with Gasteiger partial charge in [-0.25, -0.2) is 4.79 Å². The van der Waals surface area contributed by atoms with Gasteiger partial charge < -0.3 is 25.4 Å². The molecule has 0 heterocycles. The largest absolute Gasteiger partial charge is 0.502 e. The number of benzene rings is 1. The third-order valence-corrected chi connectivity index (χ3v) is 2.98. The maximum atomic E-state index is 11.5. The van der Waals surface area contributed by atoms with Crippen LogP contribution in [0.15, 0.2) is 12.1 Å². The maximum absolute atomic E-state index is 11.5. The van der Waals surface area contributed by atoms with Crippen molar-refractivity contribution in [3.63, 3.8) is 0 Å². The van der Waals surface area contributed by atoms with Crippen molar-refractivity contribution < 1.29 is 29.8 Å². The van der Waals surface area contributed by atoms with Crippen molar-refractivity contribution in [3.8, 4) is 11.8 Å². The molecular weight excluding hydrogens is 334 g/mol. The van der Waals surface area contributed by atoms with Crippen LogP contribution in [-0.2, 0) is 4.74 Å². The van der Waals surface area contributed by atoms with Crippen LogP contribution in [0.1, 0.15) is 38.0 Å². The van der Waals surface area contributed by atoms with E-state index in [2.05, 4.69) is 5.32 Å². The van der Waals surface area contributed by atoms with Crippen molar-refractivity contribution >= 4 is 11.8 Å². The van der Waals surface area contributed by atoms with Crippen LogP contribution in [0.4, 0.5) is 10.5 Å². The number of nitro benzene ring substituents is 1. The second kappa shape index (κ2) is 7.78. The first-order chi connectivity index (χ1) is 11.5. The lowest BCUT2D eigenvalue weighted by atomic mass is 9.99. The molecule has 2 unspecified atom stereocenters. The van der Waals surface area contributed by atoms with Gasteiger partial charge in [-0.15, -0.1) is 0 Å². The van der Waals surface area contributed by atoms with Gasteiger partial charge in [-0.2, -0.15) is 5.26 Å². The maximum Gasteiger partial charge on any atom is 0.407 e. The second-order valence-corrected chi connectivity index (χ2v) is 6.20. The number of rotatable bonds is 5. The number of nitro groups is 1. The van der Waals surface area contributed by atoms with Gasteiger partial charge in [0.1, 0.15) is 17.8 Å². The van der Waals surface area contributed by atoms with Crippen LogP contribution in [0.3, 0.4) is 0 Å². The molecule has 0 aliphatic rings. The lowest BCUT2D eigenvalue weighted by Gasteiger charge is -2.22. The standard InChI is InChI=1S/C15H19N3O7/c1-15(2,3)25-14(22)17-7-11(19)13(21)9-4-8(6-16)5-10(12(9)20)18(23)24/h4-5,11,13,19-21H,7H2,1-3H3,(H,17,22). The average molecular weight is 353 g/mol. The predicted octanol–water partition coefficient (Wildman–Crippen LogP) is 1.09. The molecule has 4 N–H and O–H groups in total. The number of phenols is 1. The number of hydrogen-bond donors (Lipinski definition) is 4. The Bertz CT molecular complexity index is 706. The summed E-state index contributed by atoms with van der Waals surface area (Å²) >= 11 is 0. The smallest absolute Gasteiger partial charge is 0.407 e. The Labute approximate surface area is 143 Å². The first-order valence-corrected chi connectivity index (χ1v) is 7.20. The molecule has 0 fully saturated rings. The highest BCUT2D eigenvalue weighted by Crippen LogP contribution is 2.36. The molecule has 25 heavy (non-hydrogen) atoms. The molecule has 0 spiro atoms. The van der Waals surface area contributed by atoms with Gasteiger partial charge in [-0.05, 0) is 26.8 Å². The van der Waals surface area contributed by atoms with E-state index < -0.39 is 52.4 Å². The van der Waals surface area contributed by atoms with Gasteiger partial charge in [0.15, 0.2) is 5.75 Å². The number of ether oxygens (including phenoxy) is 1. The van der Waals surface area contributed by atoms with E-state index >= 15 is 0 Å². The van der Waals surface area contributed by atoms with Gasteiger partial charge >= 0.3 is 11.8 Å². The Morgan fingerprint density at radius 1 is 1.44 bits per heavy atom. The Balaban J connectivity index is 2.94. The van der Waals surface area contributed by atoms with Gasteiger partial charge in [-0.1, -0.05) is 0 Å². The predicted molar refractivity (Wildman–Crippen MR) is 84.7 cm³/mol. The van der Waals surface area contributed by atoms with Crippen LogP contribution in [0.5, 0.6) is 5.75 Å². The summed E-state index contributed by atoms with van der Waals surface area (Å²) in [5.74, 6) is -0.868. The van der Waals surface area contributed by atoms with Crippen LogP contribution in [-0.4, -0.2) is 44.6 Å². The minimum Gasteiger partial charge on any atom is -0.502 e. The first-order valence-electron chi connectivity index (χ1n) is 7.20. The summed E-state index contributed by atoms with van der Waals surface area (Å²) in [6.07, 6.45) is -4.21. The highest BCUT2D eigenvalue weighted by Gasteiger charge is 2.28. The van der Waals surface area contributed by atoms with Crippen molar-refractivity contribution in [2.75, 3.05) is 6.54 Å². The molecule has 10 heteroatoms. The van der Waals surface area contributed by atoms with E-state index in [1.165, 1.54) is 0 Å². The summed E-state index contributed by atoms with van der Waals surface area (Å²) in [7, 11) is 0. The topological polar surface area (TPSA) is 166 Å². The minimum absolute atomic E-state index is 0.175. The fourth-order valence-corrected chi connectivity index (χ4v) is 1.89. The molecule has 0 bridgehead atoms. The molecule has 0 aliphatic carbocycles. The van der Waals surface area contributed by atoms with Crippen molar-refractivity contribution in [3.05, 3.63) is 33.4 Å². The monoisotopic (exact) mass is 353 g/mol. The Hall–Kier alpha value is -2.90. The summed E-state index contributed by atoms with van der Waals surface area (Å²) in [6, 6.07) is 3.52. The SMILES string of the molecule is CC(C)(C)OC(=O)NCC(O)C(O)c1cc(C#N)cc([N+](=O)[O-])c1O. The third-order valence-electron chi connectivity index (χ3n) is 2.98. The van der Waals surface area contributed by atoms with Crippen LogP contribution in [0, 0.1) is 21.4 Å². The molecule has 0 saturated heterocycles. The van der Waals surface area contributed by atoms with E-state index in [-0.39, 0.29) is 5.56 Å². The third kappa shape index (κ3) is 5.59. The zero-order valence-electron chi connectivity index (χ0n) is 13.9. The highest BCUT2D eigenvalue weighted by atomic mass is 16.6. The lowest BCUT2D eigenvalue weighted by molar-refractivity contribution is -0.386. The van der Waals surface area contributed by atoms with Gasteiger partial charge in [0.25, 0.3) is 0 Å². The molecule has 0 aromatic heterocycles. The summed E-state index contributed by atoms with van der Waals surface area (Å²) in [4.78, 5) is 21.5. The first kappa shape index (κ1) is 20.1. The number of alkyl carbamates (subject to hydrolysis) is 1. The van der Waals surface area contributed by atoms with E-state index in [0.717, 1.165) is 12.1 Å². The fraction of sp³-hybridized carbons (Fsp3) is 0.467. The zero-order valence-corrected chi connectivity index (χ0v) is 13.9. The molecule has 1 amide bonds. The molecule has 136 valence electrons. The molecule has 1 rings (SSSR count). The minimum atomic E-state index is -1.78. The number of nitrogens with zero attached hydrogens (tertiary/aromatic N) is 2. The van der Waals surface area contributed by atoms with E-state index in [1.807, 2.05) is 0 Å². The number of nitrogens with one attached hydrogen (secondary N) is 1. The molecule has 0 radical (unpaired) electrons. The van der Waals surface area contributed by atoms with Gasteiger partial charge in [-0.3, -0.25) is 10.1 Å². The molecule has 10 nitrogen and oxygen atoms in total. The Kier molecular flexibility index (Phi) is 6.27. The fourth-order valence-electron chi connectivity index (χ4n) is 1.89. The van der Waals surface area contributed by atoms with Crippen molar-refractivity contribution in [2.24, 2.45) is 0 Å². The normalized spacial score (nSPS) is 13.4. The van der Waals surface area contributed by atoms with Crippen molar-refractivity contribution in [2.45, 2.75) is 38.6 Å². The molecular formula is C15H19N3O7. The van der Waals surface area contributed by atoms with E-state index in [1.54, 1.807) is 26.8 Å². The molecule has 1 aromatic carbocycles. The number of aliphatic hydroxyl groups is 2. The number of carbonyl (C=O) groups excluding carboxylic acids is 1. The summed E-state index contributed by atoms with van der Waals surface area (Å²) in [5, 5.41) is 52.0. The number of hydrogen-bond acceptors (Lipinski definition) is 8. The summed E-state index contributed by atoms with van der Waals surface area (Å²) in [6.45, 7) is 4.48. The van der Waals surface area contributed by atoms with Gasteiger partial charge in [0, 0.05) is 18.2 Å². The molecule has 1 aromatic rings. The molecule has 0 saturated carbocycles. The van der Waals surface area contributed by atoms with E-state index in [9.17, 15) is 30.2 Å². The highest BCUT2D eigenvalue weighted by molar-refractivity contribution is 5.67. The Morgan fingerprint density at radius 3 is 2.52 bits per heavy atom. The van der Waals surface area contributed by atoms with Gasteiger partial charge in [0.2, 0.25) is 0 Å². The second-order valence-electron chi connectivity index (χ2n) is 6.20. The van der Waals surface area contributed by atoms with Gasteiger partial charge in [0.05, 0.1) is 16.6 Å².